The Balaban J connectivity index is 1.52. The first-order valence-corrected chi connectivity index (χ1v) is 8.79. The molecule has 0 atom stereocenters. The Labute approximate surface area is 126 Å². The van der Waals surface area contributed by atoms with E-state index in [0.717, 1.165) is 19.8 Å². The third-order valence-corrected chi connectivity index (χ3v) is 6.11. The number of likely N-dealkylation sites (tertiary alicyclic amines) is 1. The smallest absolute Gasteiger partial charge is 0.0954 e. The summed E-state index contributed by atoms with van der Waals surface area (Å²) < 4.78 is 5.52. The van der Waals surface area contributed by atoms with Gasteiger partial charge in [0.05, 0.1) is 10.7 Å². The number of piperidine rings is 1. The third-order valence-electron chi connectivity index (χ3n) is 4.92. The van der Waals surface area contributed by atoms with Crippen molar-refractivity contribution in [1.82, 2.24) is 9.88 Å². The zero-order valence-corrected chi connectivity index (χ0v) is 13.5. The topological polar surface area (TPSA) is 25.4 Å². The summed E-state index contributed by atoms with van der Waals surface area (Å²) in [4.78, 5) is 7.35. The van der Waals surface area contributed by atoms with Crippen molar-refractivity contribution in [3.05, 3.63) is 16.1 Å². The van der Waals surface area contributed by atoms with Gasteiger partial charge in [0, 0.05) is 31.1 Å². The first-order valence-electron chi connectivity index (χ1n) is 7.91. The third kappa shape index (κ3) is 3.23. The fourth-order valence-corrected chi connectivity index (χ4v) is 4.21. The van der Waals surface area contributed by atoms with Crippen LogP contribution in [0.25, 0.3) is 0 Å². The molecule has 2 fully saturated rings. The molecule has 0 amide bonds. The van der Waals surface area contributed by atoms with Gasteiger partial charge >= 0.3 is 0 Å². The van der Waals surface area contributed by atoms with E-state index in [0.29, 0.717) is 11.3 Å². The van der Waals surface area contributed by atoms with Crippen LogP contribution in [0.5, 0.6) is 0 Å². The van der Waals surface area contributed by atoms with E-state index in [2.05, 4.69) is 24.1 Å². The van der Waals surface area contributed by atoms with E-state index in [1.165, 1.54) is 49.5 Å². The quantitative estimate of drug-likeness (QED) is 0.850. The van der Waals surface area contributed by atoms with Crippen LogP contribution < -0.4 is 0 Å². The molecular weight excluding hydrogens is 268 g/mol. The molecule has 3 nitrogen and oxygen atoms in total. The van der Waals surface area contributed by atoms with Gasteiger partial charge in [-0.3, -0.25) is 4.90 Å². The Bertz CT molecular complexity index is 427. The molecule has 0 aromatic carbocycles. The lowest BCUT2D eigenvalue weighted by atomic mass is 9.72. The molecule has 2 aliphatic heterocycles. The van der Waals surface area contributed by atoms with Crippen LogP contribution in [0.15, 0.2) is 5.38 Å². The van der Waals surface area contributed by atoms with Crippen LogP contribution >= 0.6 is 11.3 Å². The van der Waals surface area contributed by atoms with Crippen LogP contribution in [-0.4, -0.2) is 36.2 Å². The van der Waals surface area contributed by atoms with E-state index in [9.17, 15) is 0 Å². The van der Waals surface area contributed by atoms with Crippen LogP contribution in [0, 0.1) is 5.41 Å². The maximum absolute atomic E-state index is 5.52. The van der Waals surface area contributed by atoms with Gasteiger partial charge in [-0.2, -0.15) is 0 Å². The maximum atomic E-state index is 5.52. The number of hydrogen-bond donors (Lipinski definition) is 0. The lowest BCUT2D eigenvalue weighted by Gasteiger charge is -2.44. The number of rotatable bonds is 3. The molecule has 1 aromatic rings. The Morgan fingerprint density at radius 3 is 2.55 bits per heavy atom. The lowest BCUT2D eigenvalue weighted by molar-refractivity contribution is -0.0219. The normalized spacial score (nSPS) is 23.6. The average molecular weight is 294 g/mol. The molecule has 112 valence electrons. The molecule has 2 saturated heterocycles. The van der Waals surface area contributed by atoms with Gasteiger partial charge in [-0.15, -0.1) is 11.3 Å². The Kier molecular flexibility index (Phi) is 4.43. The standard InChI is InChI=1S/C16H26N2OS/c1-13(2)15-17-14(12-20-15)11-18-7-3-16(4-8-18)5-9-19-10-6-16/h12-13H,3-11H2,1-2H3. The zero-order chi connectivity index (χ0) is 14.0. The van der Waals surface area contributed by atoms with Crippen molar-refractivity contribution in [3.63, 3.8) is 0 Å². The predicted molar refractivity (Wildman–Crippen MR) is 83.2 cm³/mol. The van der Waals surface area contributed by atoms with Crippen molar-refractivity contribution in [2.24, 2.45) is 5.41 Å². The Morgan fingerprint density at radius 1 is 1.25 bits per heavy atom. The maximum Gasteiger partial charge on any atom is 0.0954 e. The van der Waals surface area contributed by atoms with Gasteiger partial charge in [-0.05, 0) is 44.2 Å². The molecule has 0 unspecified atom stereocenters. The molecule has 20 heavy (non-hydrogen) atoms. The molecule has 4 heteroatoms. The van der Waals surface area contributed by atoms with Crippen molar-refractivity contribution in [2.75, 3.05) is 26.3 Å². The fraction of sp³-hybridized carbons (Fsp3) is 0.812. The molecule has 1 aromatic heterocycles. The van der Waals surface area contributed by atoms with Crippen LogP contribution in [0.3, 0.4) is 0 Å². The largest absolute Gasteiger partial charge is 0.381 e. The molecule has 0 saturated carbocycles. The molecule has 3 rings (SSSR count). The molecule has 1 spiro atoms. The Morgan fingerprint density at radius 2 is 1.95 bits per heavy atom. The minimum atomic E-state index is 0.556. The van der Waals surface area contributed by atoms with Crippen molar-refractivity contribution < 1.29 is 4.74 Å². The number of aromatic nitrogens is 1. The minimum Gasteiger partial charge on any atom is -0.381 e. The zero-order valence-electron chi connectivity index (χ0n) is 12.7. The summed E-state index contributed by atoms with van der Waals surface area (Å²) in [6.07, 6.45) is 5.24. The number of ether oxygens (including phenoxy) is 1. The molecular formula is C16H26N2OS. The van der Waals surface area contributed by atoms with E-state index in [4.69, 9.17) is 9.72 Å². The monoisotopic (exact) mass is 294 g/mol. The van der Waals surface area contributed by atoms with Gasteiger partial charge in [0.25, 0.3) is 0 Å². The van der Waals surface area contributed by atoms with Gasteiger partial charge in [-0.25, -0.2) is 4.98 Å². The summed E-state index contributed by atoms with van der Waals surface area (Å²) in [5, 5.41) is 3.52. The summed E-state index contributed by atoms with van der Waals surface area (Å²) in [5.41, 5.74) is 1.86. The van der Waals surface area contributed by atoms with Gasteiger partial charge < -0.3 is 4.74 Å². The summed E-state index contributed by atoms with van der Waals surface area (Å²) >= 11 is 1.81. The molecule has 0 bridgehead atoms. The number of nitrogens with zero attached hydrogens (tertiary/aromatic N) is 2. The average Bonchev–Trinajstić information content (AvgIpc) is 2.92. The minimum absolute atomic E-state index is 0.556. The van der Waals surface area contributed by atoms with E-state index < -0.39 is 0 Å². The summed E-state index contributed by atoms with van der Waals surface area (Å²) in [7, 11) is 0. The van der Waals surface area contributed by atoms with Crippen LogP contribution in [-0.2, 0) is 11.3 Å². The highest BCUT2D eigenvalue weighted by atomic mass is 32.1. The summed E-state index contributed by atoms with van der Waals surface area (Å²) in [6, 6.07) is 0. The first-order chi connectivity index (χ1) is 9.67. The summed E-state index contributed by atoms with van der Waals surface area (Å²) in [5.74, 6) is 0.556. The van der Waals surface area contributed by atoms with E-state index in [1.54, 1.807) is 0 Å². The highest BCUT2D eigenvalue weighted by molar-refractivity contribution is 7.09. The van der Waals surface area contributed by atoms with Crippen LogP contribution in [0.1, 0.15) is 56.2 Å². The van der Waals surface area contributed by atoms with Crippen LogP contribution in [0.2, 0.25) is 0 Å². The van der Waals surface area contributed by atoms with Gasteiger partial charge in [-0.1, -0.05) is 13.8 Å². The van der Waals surface area contributed by atoms with Crippen molar-refractivity contribution in [1.29, 1.82) is 0 Å². The van der Waals surface area contributed by atoms with Gasteiger partial charge in [0.2, 0.25) is 0 Å². The van der Waals surface area contributed by atoms with Gasteiger partial charge in [0.1, 0.15) is 0 Å². The van der Waals surface area contributed by atoms with Crippen molar-refractivity contribution >= 4 is 11.3 Å². The van der Waals surface area contributed by atoms with Crippen molar-refractivity contribution in [3.8, 4) is 0 Å². The first kappa shape index (κ1) is 14.5. The number of thiazole rings is 1. The lowest BCUT2D eigenvalue weighted by Crippen LogP contribution is -2.42. The predicted octanol–water partition coefficient (Wildman–Crippen LogP) is 3.66. The highest BCUT2D eigenvalue weighted by Crippen LogP contribution is 2.40. The highest BCUT2D eigenvalue weighted by Gasteiger charge is 2.35. The molecule has 2 aliphatic rings. The van der Waals surface area contributed by atoms with E-state index >= 15 is 0 Å². The SMILES string of the molecule is CC(C)c1nc(CN2CCC3(CCOCC3)CC2)cs1. The van der Waals surface area contributed by atoms with E-state index in [1.807, 2.05) is 11.3 Å². The molecule has 3 heterocycles. The van der Waals surface area contributed by atoms with E-state index in [-0.39, 0.29) is 0 Å². The second-order valence-electron chi connectivity index (χ2n) is 6.72. The fourth-order valence-electron chi connectivity index (χ4n) is 3.38. The molecule has 0 radical (unpaired) electrons. The molecule has 0 aliphatic carbocycles. The Hall–Kier alpha value is -0.450. The second-order valence-corrected chi connectivity index (χ2v) is 7.61. The number of hydrogen-bond acceptors (Lipinski definition) is 4. The second kappa shape index (κ2) is 6.12. The van der Waals surface area contributed by atoms with Gasteiger partial charge in [0.15, 0.2) is 0 Å². The molecule has 0 N–H and O–H groups in total. The summed E-state index contributed by atoms with van der Waals surface area (Å²) in [6.45, 7) is 9.89. The van der Waals surface area contributed by atoms with Crippen molar-refractivity contribution in [2.45, 2.75) is 52.0 Å². The van der Waals surface area contributed by atoms with Crippen LogP contribution in [0.4, 0.5) is 0 Å².